The number of carbonyl (C=O) groups is 2. The van der Waals surface area contributed by atoms with Crippen molar-refractivity contribution in [1.29, 1.82) is 0 Å². The van der Waals surface area contributed by atoms with Crippen molar-refractivity contribution in [3.8, 4) is 0 Å². The fourth-order valence-electron chi connectivity index (χ4n) is 3.64. The topological polar surface area (TPSA) is 98.4 Å². The van der Waals surface area contributed by atoms with Crippen LogP contribution in [0.3, 0.4) is 0 Å². The van der Waals surface area contributed by atoms with Crippen LogP contribution in [0, 0.1) is 5.92 Å². The van der Waals surface area contributed by atoms with E-state index >= 15 is 0 Å². The van der Waals surface area contributed by atoms with Crippen molar-refractivity contribution in [1.82, 2.24) is 19.2 Å². The summed E-state index contributed by atoms with van der Waals surface area (Å²) in [5.74, 6) is 0.678. The van der Waals surface area contributed by atoms with E-state index in [9.17, 15) is 14.4 Å². The van der Waals surface area contributed by atoms with Gasteiger partial charge in [-0.15, -0.1) is 10.2 Å². The predicted molar refractivity (Wildman–Crippen MR) is 135 cm³/mol. The molecular weight excluding hydrogens is 450 g/mol. The van der Waals surface area contributed by atoms with Gasteiger partial charge in [-0.05, 0) is 62.6 Å². The van der Waals surface area contributed by atoms with E-state index in [1.807, 2.05) is 22.6 Å². The quantitative estimate of drug-likeness (QED) is 0.298. The zero-order valence-electron chi connectivity index (χ0n) is 19.6. The second-order valence-corrected chi connectivity index (χ2v) is 9.97. The molecule has 8 nitrogen and oxygen atoms in total. The highest BCUT2D eigenvalue weighted by Crippen LogP contribution is 2.26. The first-order valence-corrected chi connectivity index (χ1v) is 12.1. The van der Waals surface area contributed by atoms with Gasteiger partial charge in [-0.1, -0.05) is 37.7 Å². The van der Waals surface area contributed by atoms with Crippen LogP contribution in [0.1, 0.15) is 44.5 Å². The number of thioether (sulfide) groups is 1. The second-order valence-electron chi connectivity index (χ2n) is 8.66. The molecule has 176 valence electrons. The van der Waals surface area contributed by atoms with Gasteiger partial charge in [0.05, 0.1) is 16.2 Å². The smallest absolute Gasteiger partial charge is 0.262 e. The summed E-state index contributed by atoms with van der Waals surface area (Å²) in [6.45, 7) is 8.06. The Morgan fingerprint density at radius 3 is 2.41 bits per heavy atom. The Balaban J connectivity index is 1.64. The number of aryl methyl sites for hydroxylation is 1. The first-order chi connectivity index (χ1) is 16.3. The fourth-order valence-corrected chi connectivity index (χ4v) is 4.50. The summed E-state index contributed by atoms with van der Waals surface area (Å²) >= 11 is 1.28. The van der Waals surface area contributed by atoms with Gasteiger partial charge >= 0.3 is 0 Å². The normalized spacial score (nSPS) is 12.4. The highest BCUT2D eigenvalue weighted by atomic mass is 32.2. The van der Waals surface area contributed by atoms with E-state index in [2.05, 4.69) is 29.4 Å². The third kappa shape index (κ3) is 4.75. The van der Waals surface area contributed by atoms with Crippen LogP contribution in [0.15, 0.2) is 58.5 Å². The maximum absolute atomic E-state index is 13.2. The summed E-state index contributed by atoms with van der Waals surface area (Å²) in [5.41, 5.74) is 1.82. The Labute approximate surface area is 201 Å². The zero-order chi connectivity index (χ0) is 24.4. The van der Waals surface area contributed by atoms with Crippen molar-refractivity contribution in [2.45, 2.75) is 51.1 Å². The van der Waals surface area contributed by atoms with Gasteiger partial charge in [0.15, 0.2) is 10.9 Å². The number of hydrogen-bond acceptors (Lipinski definition) is 6. The molecule has 0 saturated heterocycles. The minimum atomic E-state index is -0.477. The van der Waals surface area contributed by atoms with Crippen LogP contribution in [0.25, 0.3) is 16.7 Å². The number of aromatic nitrogens is 4. The first-order valence-electron chi connectivity index (χ1n) is 11.2. The summed E-state index contributed by atoms with van der Waals surface area (Å²) in [6.07, 6.45) is 0.838. The number of Topliss-reactive ketones (excluding diaryl/α,β-unsaturated/α-hetero) is 1. The zero-order valence-corrected chi connectivity index (χ0v) is 20.4. The third-order valence-electron chi connectivity index (χ3n) is 5.62. The lowest BCUT2D eigenvalue weighted by molar-refractivity contribution is -0.115. The molecule has 0 radical (unpaired) electrons. The Hall–Kier alpha value is -3.46. The average Bonchev–Trinajstić information content (AvgIpc) is 3.22. The average molecular weight is 478 g/mol. The Kier molecular flexibility index (Phi) is 6.83. The van der Waals surface area contributed by atoms with E-state index in [1.54, 1.807) is 41.8 Å². The largest absolute Gasteiger partial charge is 0.325 e. The summed E-state index contributed by atoms with van der Waals surface area (Å²) in [4.78, 5) is 37.5. The van der Waals surface area contributed by atoms with Crippen molar-refractivity contribution in [2.24, 2.45) is 5.92 Å². The molecule has 1 unspecified atom stereocenters. The van der Waals surface area contributed by atoms with Gasteiger partial charge < -0.3 is 5.32 Å². The van der Waals surface area contributed by atoms with Crippen molar-refractivity contribution >= 4 is 45.8 Å². The highest BCUT2D eigenvalue weighted by Gasteiger charge is 2.22. The minimum absolute atomic E-state index is 0.0282. The number of rotatable bonds is 8. The molecule has 34 heavy (non-hydrogen) atoms. The lowest BCUT2D eigenvalue weighted by atomic mass is 10.1. The van der Waals surface area contributed by atoms with E-state index in [0.717, 1.165) is 6.42 Å². The molecule has 1 N–H and O–H groups in total. The fraction of sp³-hybridized carbons (Fsp3) is 0.320. The number of carbonyl (C=O) groups excluding carboxylic acids is 2. The van der Waals surface area contributed by atoms with Crippen molar-refractivity contribution in [3.05, 3.63) is 64.4 Å². The predicted octanol–water partition coefficient (Wildman–Crippen LogP) is 4.41. The Morgan fingerprint density at radius 1 is 1.03 bits per heavy atom. The number of nitrogens with one attached hydrogen (secondary N) is 1. The van der Waals surface area contributed by atoms with Gasteiger partial charge in [0.25, 0.3) is 5.56 Å². The number of amides is 1. The summed E-state index contributed by atoms with van der Waals surface area (Å²) in [7, 11) is 0. The van der Waals surface area contributed by atoms with Crippen molar-refractivity contribution in [2.75, 3.05) is 5.32 Å². The van der Waals surface area contributed by atoms with Crippen molar-refractivity contribution < 1.29 is 9.59 Å². The molecule has 0 fully saturated rings. The molecule has 2 heterocycles. The molecule has 4 aromatic rings. The van der Waals surface area contributed by atoms with Crippen LogP contribution in [0.5, 0.6) is 0 Å². The van der Waals surface area contributed by atoms with Gasteiger partial charge in [-0.3, -0.25) is 23.4 Å². The number of para-hydroxylation sites is 1. The molecule has 0 spiro atoms. The van der Waals surface area contributed by atoms with Crippen LogP contribution >= 0.6 is 11.8 Å². The second kappa shape index (κ2) is 9.80. The third-order valence-corrected chi connectivity index (χ3v) is 6.66. The molecular formula is C25H27N5O3S. The van der Waals surface area contributed by atoms with E-state index < -0.39 is 5.25 Å². The SMILES string of the molecule is CC(=O)c1ccc(NC(=O)C(C)Sc2nnc3n(CCC(C)C)c(=O)c4ccccc4n23)cc1. The summed E-state index contributed by atoms with van der Waals surface area (Å²) < 4.78 is 3.52. The van der Waals surface area contributed by atoms with Crippen LogP contribution in [-0.4, -0.2) is 36.1 Å². The van der Waals surface area contributed by atoms with Crippen LogP contribution in [-0.2, 0) is 11.3 Å². The van der Waals surface area contributed by atoms with E-state index in [-0.39, 0.29) is 17.2 Å². The highest BCUT2D eigenvalue weighted by molar-refractivity contribution is 8.00. The first kappa shape index (κ1) is 23.7. The van der Waals surface area contributed by atoms with Crippen LogP contribution in [0.2, 0.25) is 0 Å². The maximum atomic E-state index is 13.2. The molecule has 0 bridgehead atoms. The Bertz CT molecular complexity index is 1420. The standard InChI is InChI=1S/C25H27N5O3S/c1-15(2)13-14-29-23(33)20-7-5-6-8-21(20)30-24(29)27-28-25(30)34-17(4)22(32)26-19-11-9-18(10-12-19)16(3)31/h5-12,15,17H,13-14H2,1-4H3,(H,26,32). The van der Waals surface area contributed by atoms with E-state index in [4.69, 9.17) is 0 Å². The van der Waals surface area contributed by atoms with Crippen LogP contribution < -0.4 is 10.9 Å². The van der Waals surface area contributed by atoms with Gasteiger partial charge in [-0.2, -0.15) is 0 Å². The van der Waals surface area contributed by atoms with E-state index in [1.165, 1.54) is 18.7 Å². The summed E-state index contributed by atoms with van der Waals surface area (Å²) in [6, 6.07) is 14.2. The van der Waals surface area contributed by atoms with Gasteiger partial charge in [0.1, 0.15) is 0 Å². The number of nitrogens with zero attached hydrogens (tertiary/aromatic N) is 4. The molecule has 0 aliphatic rings. The minimum Gasteiger partial charge on any atom is -0.325 e. The molecule has 4 rings (SSSR count). The van der Waals surface area contributed by atoms with Crippen molar-refractivity contribution in [3.63, 3.8) is 0 Å². The molecule has 0 saturated carbocycles. The van der Waals surface area contributed by atoms with Crippen LogP contribution in [0.4, 0.5) is 5.69 Å². The number of ketones is 1. The van der Waals surface area contributed by atoms with Gasteiger partial charge in [0.2, 0.25) is 11.7 Å². The number of anilines is 1. The number of benzene rings is 2. The summed E-state index contributed by atoms with van der Waals surface area (Å²) in [5, 5.41) is 12.2. The van der Waals surface area contributed by atoms with E-state index in [0.29, 0.717) is 45.6 Å². The molecule has 1 atom stereocenters. The lowest BCUT2D eigenvalue weighted by Gasteiger charge is -2.14. The molecule has 1 amide bonds. The number of fused-ring (bicyclic) bond motifs is 3. The molecule has 9 heteroatoms. The maximum Gasteiger partial charge on any atom is 0.262 e. The Morgan fingerprint density at radius 2 is 1.74 bits per heavy atom. The molecule has 2 aromatic heterocycles. The number of hydrogen-bond donors (Lipinski definition) is 1. The lowest BCUT2D eigenvalue weighted by Crippen LogP contribution is -2.25. The molecule has 0 aliphatic heterocycles. The molecule has 2 aromatic carbocycles. The van der Waals surface area contributed by atoms with Gasteiger partial charge in [0, 0.05) is 17.8 Å². The monoisotopic (exact) mass is 477 g/mol. The van der Waals surface area contributed by atoms with Gasteiger partial charge in [-0.25, -0.2) is 0 Å². The molecule has 0 aliphatic carbocycles.